The van der Waals surface area contributed by atoms with Crippen molar-refractivity contribution < 1.29 is 4.74 Å². The van der Waals surface area contributed by atoms with Crippen molar-refractivity contribution in [3.05, 3.63) is 52.9 Å². The van der Waals surface area contributed by atoms with Crippen molar-refractivity contribution in [2.45, 2.75) is 32.7 Å². The lowest BCUT2D eigenvalue weighted by molar-refractivity contribution is 0.288. The van der Waals surface area contributed by atoms with E-state index in [4.69, 9.17) is 16.3 Å². The van der Waals surface area contributed by atoms with Crippen LogP contribution in [0.2, 0.25) is 5.15 Å². The third-order valence-corrected chi connectivity index (χ3v) is 4.45. The summed E-state index contributed by atoms with van der Waals surface area (Å²) >= 11 is 5.82. The van der Waals surface area contributed by atoms with E-state index in [1.54, 1.807) is 12.4 Å². The van der Waals surface area contributed by atoms with Gasteiger partial charge in [0.2, 0.25) is 5.88 Å². The fourth-order valence-electron chi connectivity index (χ4n) is 2.51. The maximum Gasteiger partial charge on any atom is 0.213 e. The van der Waals surface area contributed by atoms with Gasteiger partial charge in [-0.25, -0.2) is 15.0 Å². The Morgan fingerprint density at radius 2 is 2.11 bits per heavy atom. The van der Waals surface area contributed by atoms with Crippen LogP contribution in [0.5, 0.6) is 5.88 Å². The average Bonchev–Trinajstić information content (AvgIpc) is 3.51. The molecule has 144 valence electrons. The van der Waals surface area contributed by atoms with Crippen molar-refractivity contribution in [1.82, 2.24) is 20.6 Å². The summed E-state index contributed by atoms with van der Waals surface area (Å²) in [6, 6.07) is 7.73. The number of nitrogens with one attached hydrogen (secondary N) is 2. The number of ether oxygens (including phenoxy) is 1. The molecule has 1 saturated carbocycles. The first-order valence-corrected chi connectivity index (χ1v) is 9.81. The molecule has 0 unspecified atom stereocenters. The molecule has 0 aliphatic heterocycles. The molecule has 6 nitrogen and oxygen atoms in total. The van der Waals surface area contributed by atoms with Crippen molar-refractivity contribution in [2.75, 3.05) is 19.7 Å². The number of aliphatic imine (C=N–C) groups is 1. The maximum absolute atomic E-state index is 5.82. The molecule has 0 aromatic carbocycles. The molecule has 2 N–H and O–H groups in total. The lowest BCUT2D eigenvalue weighted by Gasteiger charge is -2.11. The van der Waals surface area contributed by atoms with Gasteiger partial charge < -0.3 is 15.4 Å². The first-order valence-electron chi connectivity index (χ1n) is 9.43. The van der Waals surface area contributed by atoms with E-state index in [9.17, 15) is 0 Å². The van der Waals surface area contributed by atoms with Crippen LogP contribution in [0.25, 0.3) is 0 Å². The van der Waals surface area contributed by atoms with E-state index in [0.717, 1.165) is 43.2 Å². The van der Waals surface area contributed by atoms with Crippen molar-refractivity contribution >= 4 is 17.6 Å². The SMILES string of the molecule is CCNC(=NCc1ccnc(OCC2CC2)c1)NCCc1ccc(Cl)nc1. The van der Waals surface area contributed by atoms with Crippen LogP contribution in [0, 0.1) is 5.92 Å². The Labute approximate surface area is 165 Å². The summed E-state index contributed by atoms with van der Waals surface area (Å²) in [4.78, 5) is 13.0. The molecular formula is C20H26ClN5O. The van der Waals surface area contributed by atoms with Gasteiger partial charge in [-0.2, -0.15) is 0 Å². The molecule has 2 aromatic heterocycles. The van der Waals surface area contributed by atoms with Crippen molar-refractivity contribution in [3.8, 4) is 5.88 Å². The van der Waals surface area contributed by atoms with Gasteiger partial charge in [0.05, 0.1) is 13.2 Å². The Hall–Kier alpha value is -2.34. The molecule has 1 aliphatic carbocycles. The summed E-state index contributed by atoms with van der Waals surface area (Å²) < 4.78 is 5.74. The Morgan fingerprint density at radius 3 is 2.85 bits per heavy atom. The Morgan fingerprint density at radius 1 is 1.22 bits per heavy atom. The summed E-state index contributed by atoms with van der Waals surface area (Å²) in [6.07, 6.45) is 6.97. The van der Waals surface area contributed by atoms with Crippen LogP contribution in [0.4, 0.5) is 0 Å². The summed E-state index contributed by atoms with van der Waals surface area (Å²) in [6.45, 7) is 4.96. The van der Waals surface area contributed by atoms with Crippen molar-refractivity contribution in [1.29, 1.82) is 0 Å². The quantitative estimate of drug-likeness (QED) is 0.392. The van der Waals surface area contributed by atoms with E-state index in [-0.39, 0.29) is 0 Å². The highest BCUT2D eigenvalue weighted by Crippen LogP contribution is 2.29. The van der Waals surface area contributed by atoms with E-state index >= 15 is 0 Å². The van der Waals surface area contributed by atoms with Gasteiger partial charge in [-0.15, -0.1) is 0 Å². The molecule has 0 saturated heterocycles. The highest BCUT2D eigenvalue weighted by atomic mass is 35.5. The maximum atomic E-state index is 5.82. The molecule has 1 fully saturated rings. The lowest BCUT2D eigenvalue weighted by Crippen LogP contribution is -2.38. The normalized spacial score (nSPS) is 14.1. The van der Waals surface area contributed by atoms with Gasteiger partial charge in [-0.05, 0) is 55.4 Å². The molecule has 3 rings (SSSR count). The number of hydrogen-bond donors (Lipinski definition) is 2. The molecule has 1 aliphatic rings. The monoisotopic (exact) mass is 387 g/mol. The molecular weight excluding hydrogens is 362 g/mol. The number of pyridine rings is 2. The van der Waals surface area contributed by atoms with E-state index in [2.05, 4.69) is 32.5 Å². The molecule has 0 bridgehead atoms. The minimum absolute atomic E-state index is 0.513. The molecule has 2 heterocycles. The Bertz CT molecular complexity index is 746. The van der Waals surface area contributed by atoms with Gasteiger partial charge in [0.15, 0.2) is 5.96 Å². The predicted octanol–water partition coefficient (Wildman–Crippen LogP) is 3.22. The molecule has 0 amide bonds. The highest BCUT2D eigenvalue weighted by Gasteiger charge is 2.22. The second kappa shape index (κ2) is 10.1. The van der Waals surface area contributed by atoms with Crippen LogP contribution >= 0.6 is 11.6 Å². The predicted molar refractivity (Wildman–Crippen MR) is 108 cm³/mol. The minimum Gasteiger partial charge on any atom is -0.477 e. The largest absolute Gasteiger partial charge is 0.477 e. The van der Waals surface area contributed by atoms with Crippen LogP contribution in [-0.4, -0.2) is 35.6 Å². The number of nitrogens with zero attached hydrogens (tertiary/aromatic N) is 3. The Balaban J connectivity index is 1.50. The second-order valence-corrected chi connectivity index (χ2v) is 7.01. The number of aromatic nitrogens is 2. The summed E-state index contributed by atoms with van der Waals surface area (Å²) in [7, 11) is 0. The lowest BCUT2D eigenvalue weighted by atomic mass is 10.2. The summed E-state index contributed by atoms with van der Waals surface area (Å²) in [5, 5.41) is 7.13. The molecule has 0 spiro atoms. The Kier molecular flexibility index (Phi) is 7.27. The molecule has 0 atom stereocenters. The van der Waals surface area contributed by atoms with Crippen LogP contribution < -0.4 is 15.4 Å². The number of hydrogen-bond acceptors (Lipinski definition) is 4. The van der Waals surface area contributed by atoms with E-state index in [1.807, 2.05) is 24.3 Å². The molecule has 2 aromatic rings. The van der Waals surface area contributed by atoms with Crippen LogP contribution in [0.15, 0.2) is 41.7 Å². The van der Waals surface area contributed by atoms with Crippen LogP contribution in [-0.2, 0) is 13.0 Å². The third kappa shape index (κ3) is 7.06. The number of guanidine groups is 1. The van der Waals surface area contributed by atoms with Gasteiger partial charge in [0, 0.05) is 31.5 Å². The number of rotatable bonds is 9. The standard InChI is InChI=1S/C20H26ClN5O/c1-2-22-20(24-10-7-15-5-6-18(21)25-12-15)26-13-17-8-9-23-19(11-17)27-14-16-3-4-16/h5-6,8-9,11-12,16H,2-4,7,10,13-14H2,1H3,(H2,22,24,26). The smallest absolute Gasteiger partial charge is 0.213 e. The molecule has 7 heteroatoms. The first-order chi connectivity index (χ1) is 13.2. The van der Waals surface area contributed by atoms with Crippen LogP contribution in [0.1, 0.15) is 30.9 Å². The zero-order valence-corrected chi connectivity index (χ0v) is 16.4. The van der Waals surface area contributed by atoms with E-state index in [0.29, 0.717) is 23.5 Å². The topological polar surface area (TPSA) is 71.4 Å². The van der Waals surface area contributed by atoms with Gasteiger partial charge in [0.25, 0.3) is 0 Å². The van der Waals surface area contributed by atoms with Crippen molar-refractivity contribution in [2.24, 2.45) is 10.9 Å². The zero-order chi connectivity index (χ0) is 18.9. The molecule has 0 radical (unpaired) electrons. The van der Waals surface area contributed by atoms with E-state index < -0.39 is 0 Å². The van der Waals surface area contributed by atoms with Gasteiger partial charge in [-0.3, -0.25) is 0 Å². The fourth-order valence-corrected chi connectivity index (χ4v) is 2.62. The first kappa shape index (κ1) is 19.4. The zero-order valence-electron chi connectivity index (χ0n) is 15.6. The van der Waals surface area contributed by atoms with Gasteiger partial charge in [0.1, 0.15) is 5.15 Å². The molecule has 27 heavy (non-hydrogen) atoms. The minimum atomic E-state index is 0.513. The summed E-state index contributed by atoms with van der Waals surface area (Å²) in [5.41, 5.74) is 2.21. The average molecular weight is 388 g/mol. The van der Waals surface area contributed by atoms with E-state index in [1.165, 1.54) is 12.8 Å². The van der Waals surface area contributed by atoms with Crippen LogP contribution in [0.3, 0.4) is 0 Å². The van der Waals surface area contributed by atoms with Crippen molar-refractivity contribution in [3.63, 3.8) is 0 Å². The second-order valence-electron chi connectivity index (χ2n) is 6.62. The third-order valence-electron chi connectivity index (χ3n) is 4.22. The number of halogens is 1. The van der Waals surface area contributed by atoms with Gasteiger partial charge >= 0.3 is 0 Å². The van der Waals surface area contributed by atoms with Gasteiger partial charge in [-0.1, -0.05) is 17.7 Å². The summed E-state index contributed by atoms with van der Waals surface area (Å²) in [5.74, 6) is 2.19. The highest BCUT2D eigenvalue weighted by molar-refractivity contribution is 6.29. The fraction of sp³-hybridized carbons (Fsp3) is 0.450.